The lowest BCUT2D eigenvalue weighted by Crippen LogP contribution is -2.43. The summed E-state index contributed by atoms with van der Waals surface area (Å²) < 4.78 is 22.7. The van der Waals surface area contributed by atoms with Gasteiger partial charge < -0.3 is 15.5 Å². The number of rotatable bonds is 5. The van der Waals surface area contributed by atoms with Gasteiger partial charge in [0, 0.05) is 28.9 Å². The Morgan fingerprint density at radius 3 is 2.52 bits per heavy atom. The molecule has 10 heteroatoms. The summed E-state index contributed by atoms with van der Waals surface area (Å²) in [5.41, 5.74) is 1.80. The second-order valence-corrected chi connectivity index (χ2v) is 9.27. The van der Waals surface area contributed by atoms with Gasteiger partial charge in [0.1, 0.15) is 0 Å². The van der Waals surface area contributed by atoms with Crippen molar-refractivity contribution in [3.63, 3.8) is 0 Å². The molecule has 4 N–H and O–H groups in total. The number of sulfonamides is 1. The molecule has 162 valence electrons. The molecule has 1 amide bonds. The van der Waals surface area contributed by atoms with Crippen LogP contribution in [0.3, 0.4) is 0 Å². The first-order valence-electron chi connectivity index (χ1n) is 9.94. The number of aromatic nitrogens is 2. The van der Waals surface area contributed by atoms with Gasteiger partial charge >= 0.3 is 0 Å². The Labute approximate surface area is 180 Å². The van der Waals surface area contributed by atoms with E-state index in [9.17, 15) is 13.2 Å². The molecule has 9 nitrogen and oxygen atoms in total. The molecule has 1 fully saturated rings. The highest BCUT2D eigenvalue weighted by Gasteiger charge is 2.19. The van der Waals surface area contributed by atoms with Gasteiger partial charge in [-0.25, -0.2) is 23.5 Å². The van der Waals surface area contributed by atoms with E-state index in [1.165, 1.54) is 12.1 Å². The number of likely N-dealkylation sites (tertiary alicyclic amines) is 1. The Balaban J connectivity index is 1.49. The summed E-state index contributed by atoms with van der Waals surface area (Å²) in [6.45, 7) is 1.95. The van der Waals surface area contributed by atoms with Crippen LogP contribution in [0.25, 0.3) is 10.9 Å². The quantitative estimate of drug-likeness (QED) is 0.552. The summed E-state index contributed by atoms with van der Waals surface area (Å²) in [7, 11) is -1.66. The van der Waals surface area contributed by atoms with E-state index < -0.39 is 10.0 Å². The minimum atomic E-state index is -3.75. The topological polar surface area (TPSA) is 130 Å². The molecule has 1 saturated heterocycles. The van der Waals surface area contributed by atoms with Crippen molar-refractivity contribution in [2.75, 3.05) is 25.5 Å². The van der Waals surface area contributed by atoms with Crippen LogP contribution in [-0.4, -0.2) is 55.4 Å². The van der Waals surface area contributed by atoms with Crippen molar-refractivity contribution in [3.8, 4) is 0 Å². The van der Waals surface area contributed by atoms with E-state index in [0.717, 1.165) is 31.3 Å². The Hall–Kier alpha value is -3.08. The summed E-state index contributed by atoms with van der Waals surface area (Å²) in [6.07, 6.45) is 3.55. The maximum Gasteiger partial charge on any atom is 0.251 e. The third-order valence-corrected chi connectivity index (χ3v) is 6.27. The first-order valence-corrected chi connectivity index (χ1v) is 11.5. The van der Waals surface area contributed by atoms with Crippen LogP contribution < -0.4 is 15.8 Å². The zero-order valence-corrected chi connectivity index (χ0v) is 17.9. The maximum atomic E-state index is 12.7. The standard InChI is InChI=1S/C21H24N6O3S/c1-27-10-8-17(9-11-27)24-20(28)14-2-3-15-13-23-21(26-19(15)12-14)25-16-4-6-18(7-5-16)31(22,29)30/h2-7,12-13,17H,8-11H2,1H3,(H,24,28)(H2,22,29,30)(H,23,25,26). The number of carbonyl (C=O) groups is 1. The van der Waals surface area contributed by atoms with Crippen molar-refractivity contribution in [2.45, 2.75) is 23.8 Å². The number of anilines is 2. The highest BCUT2D eigenvalue weighted by molar-refractivity contribution is 7.89. The van der Waals surface area contributed by atoms with E-state index in [2.05, 4.69) is 32.5 Å². The number of nitrogens with one attached hydrogen (secondary N) is 2. The van der Waals surface area contributed by atoms with E-state index in [1.807, 2.05) is 6.07 Å². The lowest BCUT2D eigenvalue weighted by atomic mass is 10.0. The Bertz CT molecular complexity index is 1210. The molecule has 0 spiro atoms. The second kappa shape index (κ2) is 8.58. The molecule has 0 saturated carbocycles. The average molecular weight is 441 g/mol. The van der Waals surface area contributed by atoms with Gasteiger partial charge in [-0.15, -0.1) is 0 Å². The Morgan fingerprint density at radius 1 is 1.13 bits per heavy atom. The lowest BCUT2D eigenvalue weighted by Gasteiger charge is -2.29. The third kappa shape index (κ3) is 5.16. The molecule has 4 rings (SSSR count). The number of carbonyl (C=O) groups excluding carboxylic acids is 1. The molecule has 0 bridgehead atoms. The fraction of sp³-hybridized carbons (Fsp3) is 0.286. The van der Waals surface area contributed by atoms with Crippen LogP contribution in [-0.2, 0) is 10.0 Å². The highest BCUT2D eigenvalue weighted by Crippen LogP contribution is 2.20. The molecule has 3 aromatic rings. The minimum Gasteiger partial charge on any atom is -0.349 e. The summed E-state index contributed by atoms with van der Waals surface area (Å²) in [4.78, 5) is 23.7. The Morgan fingerprint density at radius 2 is 1.84 bits per heavy atom. The zero-order valence-electron chi connectivity index (χ0n) is 17.1. The monoisotopic (exact) mass is 440 g/mol. The molecule has 0 radical (unpaired) electrons. The lowest BCUT2D eigenvalue weighted by molar-refractivity contribution is 0.0917. The second-order valence-electron chi connectivity index (χ2n) is 7.71. The molecule has 1 aromatic heterocycles. The van der Waals surface area contributed by atoms with Gasteiger partial charge in [-0.05, 0) is 69.4 Å². The number of nitrogens with two attached hydrogens (primary N) is 1. The summed E-state index contributed by atoms with van der Waals surface area (Å²) in [6, 6.07) is 11.5. The fourth-order valence-electron chi connectivity index (χ4n) is 3.50. The minimum absolute atomic E-state index is 0.0257. The molecule has 0 atom stereocenters. The fourth-order valence-corrected chi connectivity index (χ4v) is 4.02. The van der Waals surface area contributed by atoms with Gasteiger partial charge in [-0.2, -0.15) is 0 Å². The summed E-state index contributed by atoms with van der Waals surface area (Å²) in [5.74, 6) is 0.229. The molecular formula is C21H24N6O3S. The van der Waals surface area contributed by atoms with Crippen molar-refractivity contribution in [1.29, 1.82) is 0 Å². The van der Waals surface area contributed by atoms with E-state index >= 15 is 0 Å². The predicted molar refractivity (Wildman–Crippen MR) is 119 cm³/mol. The molecule has 1 aliphatic rings. The van der Waals surface area contributed by atoms with Crippen LogP contribution in [0.4, 0.5) is 11.6 Å². The van der Waals surface area contributed by atoms with Crippen LogP contribution in [0.5, 0.6) is 0 Å². The number of piperidine rings is 1. The van der Waals surface area contributed by atoms with Crippen LogP contribution in [0.2, 0.25) is 0 Å². The van der Waals surface area contributed by atoms with Gasteiger partial charge in [-0.1, -0.05) is 6.07 Å². The largest absolute Gasteiger partial charge is 0.349 e. The van der Waals surface area contributed by atoms with E-state index in [0.29, 0.717) is 22.7 Å². The highest BCUT2D eigenvalue weighted by atomic mass is 32.2. The first-order chi connectivity index (χ1) is 14.8. The number of fused-ring (bicyclic) bond motifs is 1. The molecule has 31 heavy (non-hydrogen) atoms. The van der Waals surface area contributed by atoms with E-state index in [-0.39, 0.29) is 16.8 Å². The van der Waals surface area contributed by atoms with Gasteiger partial charge in [0.15, 0.2) is 0 Å². The van der Waals surface area contributed by atoms with Crippen molar-refractivity contribution in [3.05, 3.63) is 54.2 Å². The summed E-state index contributed by atoms with van der Waals surface area (Å²) >= 11 is 0. The van der Waals surface area contributed by atoms with E-state index in [1.54, 1.807) is 30.5 Å². The molecule has 0 unspecified atom stereocenters. The number of hydrogen-bond acceptors (Lipinski definition) is 7. The predicted octanol–water partition coefficient (Wildman–Crippen LogP) is 1.84. The molecule has 0 aliphatic carbocycles. The van der Waals surface area contributed by atoms with Crippen LogP contribution in [0.15, 0.2) is 53.6 Å². The van der Waals surface area contributed by atoms with Crippen LogP contribution in [0, 0.1) is 0 Å². The third-order valence-electron chi connectivity index (χ3n) is 5.34. The van der Waals surface area contributed by atoms with Crippen molar-refractivity contribution in [2.24, 2.45) is 5.14 Å². The van der Waals surface area contributed by atoms with Gasteiger partial charge in [0.25, 0.3) is 5.91 Å². The van der Waals surface area contributed by atoms with Crippen molar-refractivity contribution in [1.82, 2.24) is 20.2 Å². The molecule has 1 aliphatic heterocycles. The zero-order chi connectivity index (χ0) is 22.0. The first kappa shape index (κ1) is 21.2. The van der Waals surface area contributed by atoms with Gasteiger partial charge in [-0.3, -0.25) is 4.79 Å². The number of benzene rings is 2. The molecular weight excluding hydrogens is 416 g/mol. The molecule has 2 aromatic carbocycles. The molecule has 2 heterocycles. The van der Waals surface area contributed by atoms with E-state index in [4.69, 9.17) is 5.14 Å². The maximum absolute atomic E-state index is 12.7. The number of primary sulfonamides is 1. The van der Waals surface area contributed by atoms with Crippen molar-refractivity contribution >= 4 is 38.5 Å². The average Bonchev–Trinajstić information content (AvgIpc) is 2.74. The van der Waals surface area contributed by atoms with Gasteiger partial charge in [0.05, 0.1) is 10.4 Å². The smallest absolute Gasteiger partial charge is 0.251 e. The van der Waals surface area contributed by atoms with Gasteiger partial charge in [0.2, 0.25) is 16.0 Å². The normalized spacial score (nSPS) is 15.7. The summed E-state index contributed by atoms with van der Waals surface area (Å²) in [5, 5.41) is 12.1. The number of hydrogen-bond donors (Lipinski definition) is 3. The number of nitrogens with zero attached hydrogens (tertiary/aromatic N) is 3. The van der Waals surface area contributed by atoms with Crippen molar-refractivity contribution < 1.29 is 13.2 Å². The SMILES string of the molecule is CN1CCC(NC(=O)c2ccc3cnc(Nc4ccc(S(N)(=O)=O)cc4)nc3c2)CC1. The van der Waals surface area contributed by atoms with Crippen LogP contribution >= 0.6 is 0 Å². The number of amides is 1. The Kier molecular flexibility index (Phi) is 5.86. The van der Waals surface area contributed by atoms with Crippen LogP contribution in [0.1, 0.15) is 23.2 Å².